The molecule has 0 aromatic heterocycles. The molecular formula is C15H33NO5P2. The first-order valence-corrected chi connectivity index (χ1v) is 10.8. The Morgan fingerprint density at radius 1 is 1.04 bits per heavy atom. The highest BCUT2D eigenvalue weighted by molar-refractivity contribution is 7.57. The molecule has 0 aliphatic carbocycles. The summed E-state index contributed by atoms with van der Waals surface area (Å²) in [6, 6.07) is 0.686. The SMILES string of the molecule is CCCOP(OCC/C=C/P(=O)(OC)OC)N(C(C)C)C(C)C. The molecule has 0 rings (SSSR count). The summed E-state index contributed by atoms with van der Waals surface area (Å²) in [7, 11) is -1.44. The number of nitrogens with zero attached hydrogens (tertiary/aromatic N) is 1. The lowest BCUT2D eigenvalue weighted by Gasteiger charge is -2.35. The number of rotatable bonds is 13. The van der Waals surface area contributed by atoms with Crippen molar-refractivity contribution < 1.29 is 22.7 Å². The van der Waals surface area contributed by atoms with Crippen molar-refractivity contribution in [1.29, 1.82) is 0 Å². The first-order valence-electron chi connectivity index (χ1n) is 8.04. The van der Waals surface area contributed by atoms with Crippen molar-refractivity contribution in [2.24, 2.45) is 0 Å². The Morgan fingerprint density at radius 2 is 1.57 bits per heavy atom. The average molecular weight is 369 g/mol. The van der Waals surface area contributed by atoms with Crippen LogP contribution in [-0.4, -0.2) is 44.2 Å². The molecule has 0 aliphatic rings. The zero-order valence-corrected chi connectivity index (χ0v) is 17.3. The third kappa shape index (κ3) is 9.31. The molecule has 8 heteroatoms. The maximum atomic E-state index is 11.9. The standard InChI is InChI=1S/C15H33NO5P2/c1-8-11-20-22(16(14(2)3)15(4)5)21-12-9-10-13-23(17,18-6)19-7/h10,13-15H,8-9,11-12H2,1-7H3/b13-10+. The van der Waals surface area contributed by atoms with Crippen LogP contribution in [0.2, 0.25) is 0 Å². The Hall–Kier alpha value is 0.200. The van der Waals surface area contributed by atoms with Crippen molar-refractivity contribution in [3.8, 4) is 0 Å². The lowest BCUT2D eigenvalue weighted by atomic mass is 10.3. The van der Waals surface area contributed by atoms with Crippen LogP contribution in [-0.2, 0) is 22.7 Å². The smallest absolute Gasteiger partial charge is 0.322 e. The van der Waals surface area contributed by atoms with E-state index in [4.69, 9.17) is 18.1 Å². The fourth-order valence-electron chi connectivity index (χ4n) is 1.91. The van der Waals surface area contributed by atoms with E-state index >= 15 is 0 Å². The number of hydrogen-bond donors (Lipinski definition) is 0. The molecule has 0 spiro atoms. The fourth-order valence-corrected chi connectivity index (χ4v) is 4.41. The number of hydrogen-bond acceptors (Lipinski definition) is 6. The van der Waals surface area contributed by atoms with Gasteiger partial charge in [-0.2, -0.15) is 0 Å². The Bertz CT molecular complexity index is 361. The summed E-state index contributed by atoms with van der Waals surface area (Å²) in [5, 5.41) is 0. The van der Waals surface area contributed by atoms with Gasteiger partial charge in [-0.15, -0.1) is 0 Å². The van der Waals surface area contributed by atoms with E-state index < -0.39 is 16.1 Å². The largest absolute Gasteiger partial charge is 0.353 e. The van der Waals surface area contributed by atoms with Crippen molar-refractivity contribution in [1.82, 2.24) is 4.67 Å². The normalized spacial score (nSPS) is 14.5. The Balaban J connectivity index is 4.56. The molecular weight excluding hydrogens is 336 g/mol. The summed E-state index contributed by atoms with van der Waals surface area (Å²) in [5.74, 6) is 1.47. The topological polar surface area (TPSA) is 57.2 Å². The molecule has 1 atom stereocenters. The van der Waals surface area contributed by atoms with Gasteiger partial charge in [0.15, 0.2) is 0 Å². The molecule has 138 valence electrons. The summed E-state index contributed by atoms with van der Waals surface area (Å²) in [6.45, 7) is 11.8. The minimum absolute atomic E-state index is 0.343. The molecule has 0 aromatic rings. The van der Waals surface area contributed by atoms with Gasteiger partial charge < -0.3 is 18.1 Å². The van der Waals surface area contributed by atoms with Crippen LogP contribution in [0.1, 0.15) is 47.5 Å². The van der Waals surface area contributed by atoms with Gasteiger partial charge in [0.2, 0.25) is 0 Å². The fraction of sp³-hybridized carbons (Fsp3) is 0.867. The van der Waals surface area contributed by atoms with E-state index in [0.29, 0.717) is 31.7 Å². The van der Waals surface area contributed by atoms with E-state index in [1.807, 2.05) is 0 Å². The molecule has 0 heterocycles. The van der Waals surface area contributed by atoms with E-state index in [0.717, 1.165) is 6.42 Å². The summed E-state index contributed by atoms with van der Waals surface area (Å²) in [6.07, 6.45) is 3.34. The monoisotopic (exact) mass is 369 g/mol. The second kappa shape index (κ2) is 12.5. The van der Waals surface area contributed by atoms with Gasteiger partial charge in [-0.1, -0.05) is 13.0 Å². The summed E-state index contributed by atoms with van der Waals surface area (Å²) in [5.41, 5.74) is 0. The van der Waals surface area contributed by atoms with Crippen molar-refractivity contribution in [2.75, 3.05) is 27.4 Å². The first kappa shape index (κ1) is 23.2. The Morgan fingerprint density at radius 3 is 2.00 bits per heavy atom. The zero-order chi connectivity index (χ0) is 17.9. The zero-order valence-electron chi connectivity index (χ0n) is 15.5. The molecule has 0 aromatic carbocycles. The third-order valence-corrected chi connectivity index (χ3v) is 6.64. The van der Waals surface area contributed by atoms with Gasteiger partial charge in [0.25, 0.3) is 8.53 Å². The van der Waals surface area contributed by atoms with Gasteiger partial charge in [-0.3, -0.25) is 4.57 Å². The van der Waals surface area contributed by atoms with Crippen LogP contribution in [0.15, 0.2) is 11.9 Å². The highest BCUT2D eigenvalue weighted by atomic mass is 31.2. The molecule has 0 N–H and O–H groups in total. The second-order valence-electron chi connectivity index (χ2n) is 5.55. The molecule has 23 heavy (non-hydrogen) atoms. The highest BCUT2D eigenvalue weighted by Gasteiger charge is 2.26. The maximum Gasteiger partial charge on any atom is 0.353 e. The van der Waals surface area contributed by atoms with Crippen molar-refractivity contribution in [2.45, 2.75) is 59.5 Å². The third-order valence-electron chi connectivity index (χ3n) is 2.94. The van der Waals surface area contributed by atoms with E-state index in [-0.39, 0.29) is 0 Å². The van der Waals surface area contributed by atoms with Crippen molar-refractivity contribution in [3.05, 3.63) is 11.9 Å². The molecule has 0 fully saturated rings. The molecule has 0 saturated heterocycles. The van der Waals surface area contributed by atoms with Gasteiger partial charge >= 0.3 is 7.60 Å². The minimum Gasteiger partial charge on any atom is -0.322 e. The van der Waals surface area contributed by atoms with Crippen LogP contribution in [0.25, 0.3) is 0 Å². The lowest BCUT2D eigenvalue weighted by Crippen LogP contribution is -2.33. The molecule has 6 nitrogen and oxygen atoms in total. The van der Waals surface area contributed by atoms with Crippen LogP contribution >= 0.6 is 16.1 Å². The van der Waals surface area contributed by atoms with E-state index in [1.165, 1.54) is 20.0 Å². The van der Waals surface area contributed by atoms with Gasteiger partial charge in [0.05, 0.1) is 13.2 Å². The predicted octanol–water partition coefficient (Wildman–Crippen LogP) is 5.17. The summed E-state index contributed by atoms with van der Waals surface area (Å²) < 4.78 is 35.7. The Kier molecular flexibility index (Phi) is 12.7. The quantitative estimate of drug-likeness (QED) is 0.330. The van der Waals surface area contributed by atoms with E-state index in [9.17, 15) is 4.57 Å². The molecule has 0 amide bonds. The van der Waals surface area contributed by atoms with E-state index in [1.54, 1.807) is 6.08 Å². The van der Waals surface area contributed by atoms with Gasteiger partial charge in [0.1, 0.15) is 0 Å². The van der Waals surface area contributed by atoms with Gasteiger partial charge in [0, 0.05) is 32.1 Å². The average Bonchev–Trinajstić information content (AvgIpc) is 2.50. The van der Waals surface area contributed by atoms with Crippen LogP contribution in [0.3, 0.4) is 0 Å². The summed E-state index contributed by atoms with van der Waals surface area (Å²) in [4.78, 5) is 0. The van der Waals surface area contributed by atoms with Gasteiger partial charge in [-0.05, 0) is 40.5 Å². The molecule has 0 bridgehead atoms. The van der Waals surface area contributed by atoms with Crippen LogP contribution in [0.5, 0.6) is 0 Å². The molecule has 0 saturated carbocycles. The van der Waals surface area contributed by atoms with Crippen LogP contribution in [0.4, 0.5) is 0 Å². The molecule has 1 unspecified atom stereocenters. The highest BCUT2D eigenvalue weighted by Crippen LogP contribution is 2.48. The Labute approximate surface area is 143 Å². The lowest BCUT2D eigenvalue weighted by molar-refractivity contribution is 0.176. The minimum atomic E-state index is -3.09. The molecule has 0 aliphatic heterocycles. The first-order chi connectivity index (χ1) is 10.8. The molecule has 0 radical (unpaired) electrons. The maximum absolute atomic E-state index is 11.9. The predicted molar refractivity (Wildman–Crippen MR) is 96.6 cm³/mol. The van der Waals surface area contributed by atoms with E-state index in [2.05, 4.69) is 39.3 Å². The summed E-state index contributed by atoms with van der Waals surface area (Å²) >= 11 is 0. The van der Waals surface area contributed by atoms with Crippen molar-refractivity contribution in [3.63, 3.8) is 0 Å². The van der Waals surface area contributed by atoms with Crippen molar-refractivity contribution >= 4 is 16.1 Å². The van der Waals surface area contributed by atoms with Gasteiger partial charge in [-0.25, -0.2) is 4.67 Å². The second-order valence-corrected chi connectivity index (χ2v) is 9.11. The van der Waals surface area contributed by atoms with Crippen LogP contribution < -0.4 is 0 Å². The van der Waals surface area contributed by atoms with Crippen LogP contribution in [0, 0.1) is 0 Å².